The molecule has 1 aliphatic heterocycles. The molecule has 0 unspecified atom stereocenters. The van der Waals surface area contributed by atoms with Gasteiger partial charge in [0.25, 0.3) is 0 Å². The zero-order valence-electron chi connectivity index (χ0n) is 17.0. The van der Waals surface area contributed by atoms with E-state index in [2.05, 4.69) is 9.97 Å². The first-order chi connectivity index (χ1) is 14.5. The molecule has 160 valence electrons. The summed E-state index contributed by atoms with van der Waals surface area (Å²) in [5, 5.41) is 9.53. The summed E-state index contributed by atoms with van der Waals surface area (Å²) < 4.78 is 10.1. The molecule has 0 aliphatic carbocycles. The summed E-state index contributed by atoms with van der Waals surface area (Å²) in [6.45, 7) is 4.32. The number of rotatable bonds is 6. The zero-order chi connectivity index (χ0) is 21.7. The van der Waals surface area contributed by atoms with Crippen LogP contribution in [-0.2, 0) is 9.47 Å². The molecule has 0 saturated carbocycles. The standard InChI is InChI=1S/C21H25N3O6/c1-3-29-19(25)14-10-8-13(9-11-14)16-17(20(26)30-4-2)23-18(22-16)15-7-5-6-12-24(15)21(27)28/h8-11,15H,3-7,12H2,1-2H3,(H,22,23)(H,27,28)/t15-/m0/s1. The Kier molecular flexibility index (Phi) is 6.71. The first-order valence-corrected chi connectivity index (χ1v) is 10.00. The number of imidazole rings is 1. The highest BCUT2D eigenvalue weighted by atomic mass is 16.5. The maximum absolute atomic E-state index is 12.5. The molecule has 0 spiro atoms. The topological polar surface area (TPSA) is 122 Å². The van der Waals surface area contributed by atoms with Crippen molar-refractivity contribution in [2.45, 2.75) is 39.2 Å². The van der Waals surface area contributed by atoms with E-state index in [1.165, 1.54) is 4.90 Å². The van der Waals surface area contributed by atoms with Crippen LogP contribution in [0.4, 0.5) is 4.79 Å². The molecule has 1 saturated heterocycles. The molecule has 0 radical (unpaired) electrons. The maximum Gasteiger partial charge on any atom is 0.407 e. The lowest BCUT2D eigenvalue weighted by Gasteiger charge is -2.32. The number of carboxylic acid groups (broad SMARTS) is 1. The van der Waals surface area contributed by atoms with Gasteiger partial charge in [-0.15, -0.1) is 0 Å². The molecule has 3 rings (SSSR count). The number of amides is 1. The average molecular weight is 415 g/mol. The summed E-state index contributed by atoms with van der Waals surface area (Å²) >= 11 is 0. The molecule has 9 heteroatoms. The number of carbonyl (C=O) groups is 3. The van der Waals surface area contributed by atoms with Crippen LogP contribution < -0.4 is 0 Å². The van der Waals surface area contributed by atoms with Crippen molar-refractivity contribution in [1.82, 2.24) is 14.9 Å². The number of aromatic amines is 1. The largest absolute Gasteiger partial charge is 0.465 e. The molecule has 2 aromatic rings. The molecule has 30 heavy (non-hydrogen) atoms. The Labute approximate surface area is 174 Å². The highest BCUT2D eigenvalue weighted by Gasteiger charge is 2.32. The molecular formula is C21H25N3O6. The van der Waals surface area contributed by atoms with Crippen LogP contribution >= 0.6 is 0 Å². The SMILES string of the molecule is CCOC(=O)c1ccc(-c2nc([C@@H]3CCCCN3C(=O)O)[nH]c2C(=O)OCC)cc1. The summed E-state index contributed by atoms with van der Waals surface area (Å²) in [6.07, 6.45) is 1.25. The van der Waals surface area contributed by atoms with Gasteiger partial charge in [-0.3, -0.25) is 4.90 Å². The van der Waals surface area contributed by atoms with Crippen LogP contribution in [-0.4, -0.2) is 57.8 Å². The van der Waals surface area contributed by atoms with Crippen molar-refractivity contribution < 1.29 is 29.0 Å². The molecule has 0 bridgehead atoms. The lowest BCUT2D eigenvalue weighted by Crippen LogP contribution is -2.38. The zero-order valence-corrected chi connectivity index (χ0v) is 17.0. The number of likely N-dealkylation sites (tertiary alicyclic amines) is 1. The van der Waals surface area contributed by atoms with E-state index in [9.17, 15) is 19.5 Å². The van der Waals surface area contributed by atoms with Crippen molar-refractivity contribution in [2.24, 2.45) is 0 Å². The second-order valence-corrected chi connectivity index (χ2v) is 6.85. The van der Waals surface area contributed by atoms with Gasteiger partial charge in [-0.25, -0.2) is 19.4 Å². The minimum absolute atomic E-state index is 0.159. The number of hydrogen-bond acceptors (Lipinski definition) is 6. The molecule has 1 aliphatic rings. The second kappa shape index (κ2) is 9.43. The Morgan fingerprint density at radius 1 is 1.10 bits per heavy atom. The molecule has 1 amide bonds. The fourth-order valence-electron chi connectivity index (χ4n) is 3.53. The minimum Gasteiger partial charge on any atom is -0.465 e. The van der Waals surface area contributed by atoms with E-state index >= 15 is 0 Å². The second-order valence-electron chi connectivity index (χ2n) is 6.85. The number of nitrogens with one attached hydrogen (secondary N) is 1. The first kappa shape index (κ1) is 21.4. The monoisotopic (exact) mass is 415 g/mol. The third-order valence-corrected chi connectivity index (χ3v) is 4.94. The van der Waals surface area contributed by atoms with Crippen molar-refractivity contribution in [3.8, 4) is 11.3 Å². The number of aromatic nitrogens is 2. The number of carbonyl (C=O) groups excluding carboxylic acids is 2. The number of hydrogen-bond donors (Lipinski definition) is 2. The highest BCUT2D eigenvalue weighted by Crippen LogP contribution is 2.32. The molecule has 1 aromatic carbocycles. The van der Waals surface area contributed by atoms with Crippen molar-refractivity contribution in [1.29, 1.82) is 0 Å². The lowest BCUT2D eigenvalue weighted by molar-refractivity contribution is 0.0513. The quantitative estimate of drug-likeness (QED) is 0.691. The van der Waals surface area contributed by atoms with Crippen molar-refractivity contribution >= 4 is 18.0 Å². The average Bonchev–Trinajstić information content (AvgIpc) is 3.19. The molecule has 9 nitrogen and oxygen atoms in total. The van der Waals surface area contributed by atoms with Crippen LogP contribution in [0.2, 0.25) is 0 Å². The van der Waals surface area contributed by atoms with Crippen LogP contribution in [0, 0.1) is 0 Å². The van der Waals surface area contributed by atoms with Crippen LogP contribution in [0.1, 0.15) is 65.8 Å². The van der Waals surface area contributed by atoms with Crippen LogP contribution in [0.25, 0.3) is 11.3 Å². The van der Waals surface area contributed by atoms with E-state index in [1.54, 1.807) is 38.1 Å². The fourth-order valence-corrected chi connectivity index (χ4v) is 3.53. The van der Waals surface area contributed by atoms with Gasteiger partial charge < -0.3 is 19.6 Å². The minimum atomic E-state index is -1.02. The van der Waals surface area contributed by atoms with Crippen LogP contribution in [0.5, 0.6) is 0 Å². The Morgan fingerprint density at radius 2 is 1.77 bits per heavy atom. The lowest BCUT2D eigenvalue weighted by atomic mass is 10.0. The Hall–Kier alpha value is -3.36. The number of H-pyrrole nitrogens is 1. The summed E-state index contributed by atoms with van der Waals surface area (Å²) in [7, 11) is 0. The Balaban J connectivity index is 1.99. The summed E-state index contributed by atoms with van der Waals surface area (Å²) in [5.74, 6) is -0.597. The van der Waals surface area contributed by atoms with Crippen LogP contribution in [0.15, 0.2) is 24.3 Å². The summed E-state index contributed by atoms with van der Waals surface area (Å²) in [4.78, 5) is 44.9. The van der Waals surface area contributed by atoms with E-state index in [1.807, 2.05) is 0 Å². The maximum atomic E-state index is 12.5. The molecule has 1 atom stereocenters. The molecule has 1 fully saturated rings. The number of nitrogens with zero attached hydrogens (tertiary/aromatic N) is 2. The first-order valence-electron chi connectivity index (χ1n) is 10.00. The molecule has 2 N–H and O–H groups in total. The third kappa shape index (κ3) is 4.45. The fraction of sp³-hybridized carbons (Fsp3) is 0.429. The predicted octanol–water partition coefficient (Wildman–Crippen LogP) is 3.64. The van der Waals surface area contributed by atoms with Crippen molar-refractivity contribution in [2.75, 3.05) is 19.8 Å². The van der Waals surface area contributed by atoms with E-state index < -0.39 is 24.1 Å². The number of piperidine rings is 1. The number of ether oxygens (including phenoxy) is 2. The van der Waals surface area contributed by atoms with Gasteiger partial charge in [0, 0.05) is 12.1 Å². The highest BCUT2D eigenvalue weighted by molar-refractivity contribution is 5.95. The summed E-state index contributed by atoms with van der Waals surface area (Å²) in [6, 6.07) is 6.08. The van der Waals surface area contributed by atoms with Crippen molar-refractivity contribution in [3.05, 3.63) is 41.3 Å². The van der Waals surface area contributed by atoms with Gasteiger partial charge in [0.1, 0.15) is 11.5 Å². The van der Waals surface area contributed by atoms with Gasteiger partial charge >= 0.3 is 18.0 Å². The molecular weight excluding hydrogens is 390 g/mol. The predicted molar refractivity (Wildman–Crippen MR) is 107 cm³/mol. The number of esters is 2. The van der Waals surface area contributed by atoms with Crippen molar-refractivity contribution in [3.63, 3.8) is 0 Å². The Morgan fingerprint density at radius 3 is 2.40 bits per heavy atom. The van der Waals surface area contributed by atoms with Gasteiger partial charge in [0.15, 0.2) is 5.69 Å². The summed E-state index contributed by atoms with van der Waals surface area (Å²) in [5.41, 5.74) is 1.51. The van der Waals surface area contributed by atoms with Crippen LogP contribution in [0.3, 0.4) is 0 Å². The van der Waals surface area contributed by atoms with E-state index in [-0.39, 0.29) is 18.9 Å². The van der Waals surface area contributed by atoms with Gasteiger partial charge in [-0.05, 0) is 45.2 Å². The Bertz CT molecular complexity index is 921. The van der Waals surface area contributed by atoms with Gasteiger partial charge in [0.2, 0.25) is 0 Å². The van der Waals surface area contributed by atoms with Gasteiger partial charge in [0.05, 0.1) is 24.8 Å². The smallest absolute Gasteiger partial charge is 0.407 e. The van der Waals surface area contributed by atoms with E-state index in [4.69, 9.17) is 9.47 Å². The van der Waals surface area contributed by atoms with E-state index in [0.29, 0.717) is 35.6 Å². The number of benzene rings is 1. The van der Waals surface area contributed by atoms with Gasteiger partial charge in [-0.2, -0.15) is 0 Å². The normalized spacial score (nSPS) is 16.2. The third-order valence-electron chi connectivity index (χ3n) is 4.94. The van der Waals surface area contributed by atoms with Gasteiger partial charge in [-0.1, -0.05) is 12.1 Å². The van der Waals surface area contributed by atoms with E-state index in [0.717, 1.165) is 12.8 Å². The molecule has 1 aromatic heterocycles. The molecule has 2 heterocycles.